The van der Waals surface area contributed by atoms with Crippen LogP contribution in [0.25, 0.3) is 11.6 Å². The highest BCUT2D eigenvalue weighted by atomic mass is 16.6. The van der Waals surface area contributed by atoms with Gasteiger partial charge in [0.1, 0.15) is 5.75 Å². The predicted octanol–water partition coefficient (Wildman–Crippen LogP) is 4.99. The SMILES string of the molecule is COc1cc(/C=C(/C#N)c2ccccc2OC)ccc1OC(=O)c1ccccc1. The normalized spacial score (nSPS) is 10.7. The Morgan fingerprint density at radius 2 is 1.55 bits per heavy atom. The zero-order chi connectivity index (χ0) is 20.6. The molecular formula is C24H19NO4. The Morgan fingerprint density at radius 3 is 2.24 bits per heavy atom. The fourth-order valence-electron chi connectivity index (χ4n) is 2.80. The van der Waals surface area contributed by atoms with Gasteiger partial charge in [-0.25, -0.2) is 4.79 Å². The minimum Gasteiger partial charge on any atom is -0.496 e. The van der Waals surface area contributed by atoms with Gasteiger partial charge in [0.05, 0.1) is 31.4 Å². The summed E-state index contributed by atoms with van der Waals surface area (Å²) in [6.45, 7) is 0. The molecular weight excluding hydrogens is 366 g/mol. The van der Waals surface area contributed by atoms with E-state index in [1.54, 1.807) is 61.7 Å². The summed E-state index contributed by atoms with van der Waals surface area (Å²) >= 11 is 0. The van der Waals surface area contributed by atoms with E-state index in [4.69, 9.17) is 14.2 Å². The van der Waals surface area contributed by atoms with Crippen molar-refractivity contribution in [3.8, 4) is 23.3 Å². The molecule has 0 saturated heterocycles. The third-order valence-electron chi connectivity index (χ3n) is 4.23. The van der Waals surface area contributed by atoms with Gasteiger partial charge in [0.15, 0.2) is 11.5 Å². The number of rotatable bonds is 6. The Morgan fingerprint density at radius 1 is 0.862 bits per heavy atom. The Kier molecular flexibility index (Phi) is 6.29. The first kappa shape index (κ1) is 19.7. The maximum Gasteiger partial charge on any atom is 0.343 e. The molecule has 0 radical (unpaired) electrons. The third-order valence-corrected chi connectivity index (χ3v) is 4.23. The average Bonchev–Trinajstić information content (AvgIpc) is 2.78. The molecule has 0 amide bonds. The van der Waals surface area contributed by atoms with Crippen molar-refractivity contribution in [3.05, 3.63) is 89.5 Å². The van der Waals surface area contributed by atoms with E-state index in [9.17, 15) is 10.1 Å². The van der Waals surface area contributed by atoms with Gasteiger partial charge in [-0.2, -0.15) is 5.26 Å². The zero-order valence-corrected chi connectivity index (χ0v) is 16.1. The van der Waals surface area contributed by atoms with Gasteiger partial charge in [-0.15, -0.1) is 0 Å². The molecule has 0 spiro atoms. The largest absolute Gasteiger partial charge is 0.496 e. The van der Waals surface area contributed by atoms with Crippen LogP contribution in [0.2, 0.25) is 0 Å². The van der Waals surface area contributed by atoms with Crippen molar-refractivity contribution in [3.63, 3.8) is 0 Å². The number of methoxy groups -OCH3 is 2. The van der Waals surface area contributed by atoms with E-state index < -0.39 is 5.97 Å². The molecule has 0 aromatic heterocycles. The summed E-state index contributed by atoms with van der Waals surface area (Å²) in [5, 5.41) is 9.61. The summed E-state index contributed by atoms with van der Waals surface area (Å²) < 4.78 is 16.2. The summed E-state index contributed by atoms with van der Waals surface area (Å²) in [4.78, 5) is 12.3. The molecule has 3 aromatic carbocycles. The van der Waals surface area contributed by atoms with Crippen LogP contribution in [0.15, 0.2) is 72.8 Å². The van der Waals surface area contributed by atoms with Crippen molar-refractivity contribution >= 4 is 17.6 Å². The van der Waals surface area contributed by atoms with Crippen molar-refractivity contribution in [1.82, 2.24) is 0 Å². The maximum atomic E-state index is 12.3. The number of allylic oxidation sites excluding steroid dienone is 1. The Balaban J connectivity index is 1.91. The number of ether oxygens (including phenoxy) is 3. The van der Waals surface area contributed by atoms with Crippen LogP contribution >= 0.6 is 0 Å². The van der Waals surface area contributed by atoms with Crippen molar-refractivity contribution < 1.29 is 19.0 Å². The van der Waals surface area contributed by atoms with Crippen molar-refractivity contribution in [1.29, 1.82) is 5.26 Å². The van der Waals surface area contributed by atoms with Crippen LogP contribution < -0.4 is 14.2 Å². The molecule has 29 heavy (non-hydrogen) atoms. The topological polar surface area (TPSA) is 68.6 Å². The number of carbonyl (C=O) groups is 1. The molecule has 0 heterocycles. The van der Waals surface area contributed by atoms with Crippen molar-refractivity contribution in [2.75, 3.05) is 14.2 Å². The van der Waals surface area contributed by atoms with Gasteiger partial charge in [-0.1, -0.05) is 36.4 Å². The van der Waals surface area contributed by atoms with Gasteiger partial charge in [0.25, 0.3) is 0 Å². The van der Waals surface area contributed by atoms with Gasteiger partial charge < -0.3 is 14.2 Å². The quantitative estimate of drug-likeness (QED) is 0.259. The van der Waals surface area contributed by atoms with Crippen LogP contribution in [0.3, 0.4) is 0 Å². The van der Waals surface area contributed by atoms with E-state index >= 15 is 0 Å². The van der Waals surface area contributed by atoms with E-state index in [1.807, 2.05) is 24.3 Å². The predicted molar refractivity (Wildman–Crippen MR) is 111 cm³/mol. The van der Waals surface area contributed by atoms with Crippen LogP contribution in [0.4, 0.5) is 0 Å². The lowest BCUT2D eigenvalue weighted by molar-refractivity contribution is 0.0729. The fourth-order valence-corrected chi connectivity index (χ4v) is 2.80. The highest BCUT2D eigenvalue weighted by Gasteiger charge is 2.13. The van der Waals surface area contributed by atoms with E-state index in [-0.39, 0.29) is 0 Å². The second-order valence-electron chi connectivity index (χ2n) is 6.04. The molecule has 0 aliphatic heterocycles. The molecule has 0 N–H and O–H groups in total. The van der Waals surface area contributed by atoms with E-state index in [2.05, 4.69) is 6.07 Å². The van der Waals surface area contributed by atoms with Gasteiger partial charge in [0, 0.05) is 5.56 Å². The first-order valence-corrected chi connectivity index (χ1v) is 8.86. The highest BCUT2D eigenvalue weighted by molar-refractivity contribution is 5.93. The molecule has 0 atom stereocenters. The number of hydrogen-bond acceptors (Lipinski definition) is 5. The van der Waals surface area contributed by atoms with E-state index in [0.29, 0.717) is 33.9 Å². The van der Waals surface area contributed by atoms with Crippen LogP contribution in [0.5, 0.6) is 17.2 Å². The number of esters is 1. The monoisotopic (exact) mass is 385 g/mol. The van der Waals surface area contributed by atoms with Crippen LogP contribution in [-0.2, 0) is 0 Å². The van der Waals surface area contributed by atoms with Gasteiger partial charge in [-0.05, 0) is 48.0 Å². The molecule has 5 nitrogen and oxygen atoms in total. The Labute approximate surface area is 169 Å². The first-order valence-electron chi connectivity index (χ1n) is 8.86. The van der Waals surface area contributed by atoms with Crippen LogP contribution in [-0.4, -0.2) is 20.2 Å². The molecule has 0 unspecified atom stereocenters. The smallest absolute Gasteiger partial charge is 0.343 e. The molecule has 3 rings (SSSR count). The number of nitriles is 1. The standard InChI is InChI=1S/C24H19NO4/c1-27-21-11-7-6-10-20(21)19(16-25)14-17-12-13-22(23(15-17)28-2)29-24(26)18-8-4-3-5-9-18/h3-15H,1-2H3/b19-14-. The molecule has 5 heteroatoms. The molecule has 0 aliphatic carbocycles. The fraction of sp³-hybridized carbons (Fsp3) is 0.0833. The van der Waals surface area contributed by atoms with Crippen molar-refractivity contribution in [2.45, 2.75) is 0 Å². The Bertz CT molecular complexity index is 1080. The number of carbonyl (C=O) groups excluding carboxylic acids is 1. The summed E-state index contributed by atoms with van der Waals surface area (Å²) in [7, 11) is 3.06. The van der Waals surface area contributed by atoms with E-state index in [1.165, 1.54) is 7.11 Å². The maximum absolute atomic E-state index is 12.3. The van der Waals surface area contributed by atoms with Gasteiger partial charge >= 0.3 is 5.97 Å². The summed E-state index contributed by atoms with van der Waals surface area (Å²) in [5.74, 6) is 0.828. The van der Waals surface area contributed by atoms with Crippen molar-refractivity contribution in [2.24, 2.45) is 0 Å². The number of hydrogen-bond donors (Lipinski definition) is 0. The summed E-state index contributed by atoms with van der Waals surface area (Å²) in [5.41, 5.74) is 2.31. The number of para-hydroxylation sites is 1. The second-order valence-corrected chi connectivity index (χ2v) is 6.04. The highest BCUT2D eigenvalue weighted by Crippen LogP contribution is 2.32. The van der Waals surface area contributed by atoms with E-state index in [0.717, 1.165) is 5.56 Å². The van der Waals surface area contributed by atoms with Crippen LogP contribution in [0.1, 0.15) is 21.5 Å². The summed E-state index contributed by atoms with van der Waals surface area (Å²) in [6.07, 6.45) is 1.73. The minimum absolute atomic E-state index is 0.300. The number of benzene rings is 3. The molecule has 144 valence electrons. The lowest BCUT2D eigenvalue weighted by atomic mass is 10.0. The lowest BCUT2D eigenvalue weighted by Crippen LogP contribution is -2.09. The third kappa shape index (κ3) is 4.63. The number of nitrogens with zero attached hydrogens (tertiary/aromatic N) is 1. The molecule has 0 aliphatic rings. The Hall–Kier alpha value is -4.04. The molecule has 0 saturated carbocycles. The molecule has 0 bridgehead atoms. The summed E-state index contributed by atoms with van der Waals surface area (Å²) in [6, 6.07) is 23.3. The lowest BCUT2D eigenvalue weighted by Gasteiger charge is -2.11. The molecule has 0 fully saturated rings. The van der Waals surface area contributed by atoms with Gasteiger partial charge in [-0.3, -0.25) is 0 Å². The average molecular weight is 385 g/mol. The van der Waals surface area contributed by atoms with Gasteiger partial charge in [0.2, 0.25) is 0 Å². The molecule has 3 aromatic rings. The zero-order valence-electron chi connectivity index (χ0n) is 16.1. The second kappa shape index (κ2) is 9.25. The van der Waals surface area contributed by atoms with Crippen LogP contribution in [0, 0.1) is 11.3 Å². The first-order chi connectivity index (χ1) is 14.2. The minimum atomic E-state index is -0.473.